The highest BCUT2D eigenvalue weighted by Crippen LogP contribution is 2.17. The fourth-order valence-electron chi connectivity index (χ4n) is 2.71. The zero-order valence-corrected chi connectivity index (χ0v) is 11.1. The summed E-state index contributed by atoms with van der Waals surface area (Å²) >= 11 is 0. The van der Waals surface area contributed by atoms with E-state index in [1.807, 2.05) is 16.8 Å². The van der Waals surface area contributed by atoms with Gasteiger partial charge in [-0.05, 0) is 13.5 Å². The van der Waals surface area contributed by atoms with Crippen LogP contribution >= 0.6 is 0 Å². The highest BCUT2D eigenvalue weighted by atomic mass is 16.2. The van der Waals surface area contributed by atoms with E-state index in [4.69, 9.17) is 0 Å². The molecule has 5 nitrogen and oxygen atoms in total. The van der Waals surface area contributed by atoms with Gasteiger partial charge in [0.05, 0.1) is 6.04 Å². The number of nitrogens with zero attached hydrogens (tertiary/aromatic N) is 3. The Morgan fingerprint density at radius 2 is 2.12 bits per heavy atom. The number of hydrogen-bond acceptors (Lipinski definition) is 3. The van der Waals surface area contributed by atoms with Crippen LogP contribution in [0.5, 0.6) is 0 Å². The van der Waals surface area contributed by atoms with E-state index in [2.05, 4.69) is 24.2 Å². The van der Waals surface area contributed by atoms with Gasteiger partial charge in [-0.1, -0.05) is 6.92 Å². The molecule has 0 radical (unpaired) electrons. The average molecular weight is 240 g/mol. The Morgan fingerprint density at radius 1 is 1.35 bits per heavy atom. The lowest BCUT2D eigenvalue weighted by atomic mass is 10.2. The number of carbonyl (C=O) groups excluding carboxylic acids is 1. The zero-order valence-electron chi connectivity index (χ0n) is 11.1. The zero-order chi connectivity index (χ0) is 12.4. The first kappa shape index (κ1) is 12.6. The second-order valence-electron chi connectivity index (χ2n) is 5.20. The normalized spacial score (nSPS) is 31.4. The van der Waals surface area contributed by atoms with Crippen LogP contribution in [0, 0.1) is 0 Å². The maximum absolute atomic E-state index is 12.1. The summed E-state index contributed by atoms with van der Waals surface area (Å²) in [5.41, 5.74) is 0. The van der Waals surface area contributed by atoms with Crippen molar-refractivity contribution in [2.45, 2.75) is 25.4 Å². The average Bonchev–Trinajstić information content (AvgIpc) is 2.60. The predicted octanol–water partition coefficient (Wildman–Crippen LogP) is 0.0360. The molecule has 2 unspecified atom stereocenters. The first-order valence-electron chi connectivity index (χ1n) is 6.56. The summed E-state index contributed by atoms with van der Waals surface area (Å²) in [6, 6.07) is 1.04. The van der Waals surface area contributed by atoms with Crippen molar-refractivity contribution >= 4 is 6.03 Å². The predicted molar refractivity (Wildman–Crippen MR) is 68.1 cm³/mol. The third-order valence-electron chi connectivity index (χ3n) is 4.10. The monoisotopic (exact) mass is 240 g/mol. The molecule has 0 aromatic rings. The largest absolute Gasteiger partial charge is 0.323 e. The van der Waals surface area contributed by atoms with Crippen LogP contribution in [0.2, 0.25) is 0 Å². The van der Waals surface area contributed by atoms with E-state index in [0.29, 0.717) is 12.1 Å². The maximum Gasteiger partial charge on any atom is 0.320 e. The molecule has 17 heavy (non-hydrogen) atoms. The quantitative estimate of drug-likeness (QED) is 0.757. The summed E-state index contributed by atoms with van der Waals surface area (Å²) in [6.45, 7) is 6.99. The summed E-state index contributed by atoms with van der Waals surface area (Å²) < 4.78 is 0. The van der Waals surface area contributed by atoms with Gasteiger partial charge in [-0.2, -0.15) is 0 Å². The summed E-state index contributed by atoms with van der Waals surface area (Å²) in [5.74, 6) is 0. The highest BCUT2D eigenvalue weighted by Gasteiger charge is 2.35. The Labute approximate surface area is 104 Å². The van der Waals surface area contributed by atoms with Gasteiger partial charge in [-0.15, -0.1) is 0 Å². The lowest BCUT2D eigenvalue weighted by molar-refractivity contribution is 0.150. The van der Waals surface area contributed by atoms with Crippen LogP contribution in [0.25, 0.3) is 0 Å². The van der Waals surface area contributed by atoms with Crippen LogP contribution < -0.4 is 5.32 Å². The number of piperazine rings is 1. The second kappa shape index (κ2) is 5.23. The number of carbonyl (C=O) groups is 1. The third kappa shape index (κ3) is 2.55. The maximum atomic E-state index is 12.1. The molecule has 0 spiro atoms. The molecule has 2 aliphatic rings. The summed E-state index contributed by atoms with van der Waals surface area (Å²) in [5, 5.41) is 3.40. The van der Waals surface area contributed by atoms with Crippen LogP contribution in [-0.4, -0.2) is 79.6 Å². The van der Waals surface area contributed by atoms with Gasteiger partial charge < -0.3 is 15.1 Å². The minimum absolute atomic E-state index is 0.191. The number of likely N-dealkylation sites (N-methyl/N-ethyl adjacent to an activating group) is 2. The Kier molecular flexibility index (Phi) is 3.89. The smallest absolute Gasteiger partial charge is 0.320 e. The van der Waals surface area contributed by atoms with Crippen molar-refractivity contribution < 1.29 is 4.79 Å². The van der Waals surface area contributed by atoms with Gasteiger partial charge in [0.25, 0.3) is 0 Å². The fourth-order valence-corrected chi connectivity index (χ4v) is 2.71. The number of rotatable bonds is 3. The van der Waals surface area contributed by atoms with Gasteiger partial charge in [-0.25, -0.2) is 4.79 Å². The number of hydrogen-bond donors (Lipinski definition) is 1. The van der Waals surface area contributed by atoms with Gasteiger partial charge in [-0.3, -0.25) is 4.90 Å². The molecule has 2 amide bonds. The standard InChI is InChI=1S/C12H24N4O/c1-4-10-8-16(12(17)15(10)3)9-11-7-13-5-6-14(11)2/h10-11,13H,4-9H2,1-3H3. The highest BCUT2D eigenvalue weighted by molar-refractivity contribution is 5.76. The molecule has 0 bridgehead atoms. The Balaban J connectivity index is 1.92. The SMILES string of the molecule is CCC1CN(CC2CNCCN2C)C(=O)N1C. The molecule has 2 atom stereocenters. The molecular weight excluding hydrogens is 216 g/mol. The Bertz CT molecular complexity index is 284. The number of urea groups is 1. The van der Waals surface area contributed by atoms with E-state index < -0.39 is 0 Å². The van der Waals surface area contributed by atoms with Gasteiger partial charge >= 0.3 is 6.03 Å². The second-order valence-corrected chi connectivity index (χ2v) is 5.20. The lowest BCUT2D eigenvalue weighted by Gasteiger charge is -2.35. The van der Waals surface area contributed by atoms with E-state index >= 15 is 0 Å². The fraction of sp³-hybridized carbons (Fsp3) is 0.917. The van der Waals surface area contributed by atoms with Crippen LogP contribution in [0.15, 0.2) is 0 Å². The van der Waals surface area contributed by atoms with E-state index in [-0.39, 0.29) is 6.03 Å². The number of amides is 2. The molecular formula is C12H24N4O. The van der Waals surface area contributed by atoms with Crippen molar-refractivity contribution in [3.05, 3.63) is 0 Å². The van der Waals surface area contributed by atoms with Crippen molar-refractivity contribution in [1.82, 2.24) is 20.0 Å². The molecule has 98 valence electrons. The lowest BCUT2D eigenvalue weighted by Crippen LogP contribution is -2.54. The van der Waals surface area contributed by atoms with Crippen LogP contribution in [-0.2, 0) is 0 Å². The molecule has 0 aliphatic carbocycles. The number of nitrogens with one attached hydrogen (secondary N) is 1. The minimum atomic E-state index is 0.191. The third-order valence-corrected chi connectivity index (χ3v) is 4.10. The topological polar surface area (TPSA) is 38.8 Å². The molecule has 2 aliphatic heterocycles. The van der Waals surface area contributed by atoms with Gasteiger partial charge in [0, 0.05) is 45.8 Å². The first-order chi connectivity index (χ1) is 8.13. The molecule has 0 saturated carbocycles. The van der Waals surface area contributed by atoms with E-state index in [1.165, 1.54) is 0 Å². The van der Waals surface area contributed by atoms with Crippen LogP contribution in [0.4, 0.5) is 4.79 Å². The van der Waals surface area contributed by atoms with Crippen molar-refractivity contribution in [3.63, 3.8) is 0 Å². The molecule has 2 heterocycles. The van der Waals surface area contributed by atoms with Gasteiger partial charge in [0.2, 0.25) is 0 Å². The van der Waals surface area contributed by atoms with Crippen LogP contribution in [0.3, 0.4) is 0 Å². The molecule has 2 saturated heterocycles. The summed E-state index contributed by atoms with van der Waals surface area (Å²) in [6.07, 6.45) is 1.04. The molecule has 1 N–H and O–H groups in total. The van der Waals surface area contributed by atoms with Gasteiger partial charge in [0.15, 0.2) is 0 Å². The van der Waals surface area contributed by atoms with Crippen molar-refractivity contribution in [3.8, 4) is 0 Å². The molecule has 2 fully saturated rings. The first-order valence-corrected chi connectivity index (χ1v) is 6.56. The minimum Gasteiger partial charge on any atom is -0.323 e. The van der Waals surface area contributed by atoms with E-state index in [0.717, 1.165) is 39.1 Å². The summed E-state index contributed by atoms with van der Waals surface area (Å²) in [4.78, 5) is 18.3. The van der Waals surface area contributed by atoms with Gasteiger partial charge in [0.1, 0.15) is 0 Å². The molecule has 2 rings (SSSR count). The van der Waals surface area contributed by atoms with Crippen molar-refractivity contribution in [2.24, 2.45) is 0 Å². The molecule has 5 heteroatoms. The van der Waals surface area contributed by atoms with Crippen LogP contribution in [0.1, 0.15) is 13.3 Å². The molecule has 0 aromatic heterocycles. The summed E-state index contributed by atoms with van der Waals surface area (Å²) in [7, 11) is 4.06. The van der Waals surface area contributed by atoms with Crippen molar-refractivity contribution in [1.29, 1.82) is 0 Å². The Hall–Kier alpha value is -0.810. The Morgan fingerprint density at radius 3 is 2.71 bits per heavy atom. The van der Waals surface area contributed by atoms with E-state index in [1.54, 1.807) is 0 Å². The molecule has 0 aromatic carbocycles. The van der Waals surface area contributed by atoms with E-state index in [9.17, 15) is 4.79 Å². The van der Waals surface area contributed by atoms with Crippen molar-refractivity contribution in [2.75, 3.05) is 46.8 Å².